The van der Waals surface area contributed by atoms with E-state index in [4.69, 9.17) is 9.47 Å². The predicted molar refractivity (Wildman–Crippen MR) is 145 cm³/mol. The van der Waals surface area contributed by atoms with Gasteiger partial charge in [0, 0.05) is 22.0 Å². The normalized spacial score (nSPS) is 11.1. The topological polar surface area (TPSA) is 52.8 Å². The highest BCUT2D eigenvalue weighted by Crippen LogP contribution is 2.28. The second-order valence-electron chi connectivity index (χ2n) is 7.28. The Hall–Kier alpha value is -2.68. The van der Waals surface area contributed by atoms with Gasteiger partial charge >= 0.3 is 0 Å². The molecule has 1 aromatic heterocycles. The van der Waals surface area contributed by atoms with E-state index >= 15 is 0 Å². The molecule has 0 aliphatic heterocycles. The van der Waals surface area contributed by atoms with E-state index in [-0.39, 0.29) is 22.9 Å². The van der Waals surface area contributed by atoms with E-state index in [1.165, 1.54) is 11.3 Å². The van der Waals surface area contributed by atoms with Crippen molar-refractivity contribution in [3.05, 3.63) is 98.6 Å². The van der Waals surface area contributed by atoms with Crippen LogP contribution in [0.4, 0.5) is 0 Å². The Kier molecular flexibility index (Phi) is 9.27. The first-order chi connectivity index (χ1) is 16.1. The number of ether oxygens (including phenoxy) is 2. The number of carbonyl (C=O) groups excluding carboxylic acids is 1. The summed E-state index contributed by atoms with van der Waals surface area (Å²) in [5.74, 6) is 1.14. The maximum Gasteiger partial charge on any atom is 0.279 e. The lowest BCUT2D eigenvalue weighted by molar-refractivity contribution is 0.0998. The summed E-state index contributed by atoms with van der Waals surface area (Å²) in [4.78, 5) is 17.9. The molecule has 1 heterocycles. The van der Waals surface area contributed by atoms with Gasteiger partial charge in [-0.25, -0.2) is 0 Å². The maximum absolute atomic E-state index is 12.8. The van der Waals surface area contributed by atoms with Gasteiger partial charge < -0.3 is 14.0 Å². The Bertz CT molecular complexity index is 1320. The molecule has 8 heteroatoms. The summed E-state index contributed by atoms with van der Waals surface area (Å²) in [6, 6.07) is 23.2. The molecule has 0 saturated carbocycles. The molecule has 0 bridgehead atoms. The van der Waals surface area contributed by atoms with Crippen molar-refractivity contribution in [1.82, 2.24) is 4.57 Å². The largest absolute Gasteiger partial charge is 0.493 e. The van der Waals surface area contributed by atoms with Crippen molar-refractivity contribution in [2.45, 2.75) is 13.0 Å². The first-order valence-electron chi connectivity index (χ1n) is 10.4. The second kappa shape index (κ2) is 12.1. The average Bonchev–Trinajstić information content (AvgIpc) is 3.25. The quantitative estimate of drug-likeness (QED) is 0.240. The van der Waals surface area contributed by atoms with Gasteiger partial charge in [-0.15, -0.1) is 28.3 Å². The van der Waals surface area contributed by atoms with Crippen LogP contribution in [-0.4, -0.2) is 24.7 Å². The van der Waals surface area contributed by atoms with Crippen LogP contribution >= 0.6 is 44.2 Å². The molecule has 0 aliphatic carbocycles. The van der Waals surface area contributed by atoms with Crippen molar-refractivity contribution in [3.8, 4) is 22.8 Å². The van der Waals surface area contributed by atoms with Crippen LogP contribution in [0.1, 0.15) is 15.9 Å². The third kappa shape index (κ3) is 6.05. The molecule has 4 aromatic rings. The van der Waals surface area contributed by atoms with Gasteiger partial charge in [0.2, 0.25) is 0 Å². The summed E-state index contributed by atoms with van der Waals surface area (Å²) in [6.07, 6.45) is 0.743. The maximum atomic E-state index is 12.8. The lowest BCUT2D eigenvalue weighted by Crippen LogP contribution is -2.19. The molecule has 1 amide bonds. The summed E-state index contributed by atoms with van der Waals surface area (Å²) in [5.41, 5.74) is 3.76. The van der Waals surface area contributed by atoms with E-state index in [2.05, 4.69) is 43.0 Å². The van der Waals surface area contributed by atoms with Crippen molar-refractivity contribution >= 4 is 50.2 Å². The molecule has 0 spiro atoms. The number of hydrogen-bond donors (Lipinski definition) is 0. The molecule has 0 atom stereocenters. The molecule has 0 fully saturated rings. The van der Waals surface area contributed by atoms with E-state index < -0.39 is 0 Å². The van der Waals surface area contributed by atoms with Gasteiger partial charge in [0.25, 0.3) is 5.91 Å². The second-order valence-corrected chi connectivity index (χ2v) is 9.04. The Morgan fingerprint density at radius 2 is 1.68 bits per heavy atom. The highest BCUT2D eigenvalue weighted by atomic mass is 79.9. The molecule has 0 aliphatic rings. The van der Waals surface area contributed by atoms with Gasteiger partial charge in [-0.3, -0.25) is 4.79 Å². The van der Waals surface area contributed by atoms with Gasteiger partial charge in [-0.05, 0) is 53.9 Å². The number of halogens is 2. The minimum Gasteiger partial charge on any atom is -0.493 e. The lowest BCUT2D eigenvalue weighted by Gasteiger charge is -2.12. The van der Waals surface area contributed by atoms with Crippen molar-refractivity contribution < 1.29 is 14.3 Å². The monoisotopic (exact) mass is 602 g/mol. The molecule has 5 nitrogen and oxygen atoms in total. The van der Waals surface area contributed by atoms with Crippen molar-refractivity contribution in [2.75, 3.05) is 14.2 Å². The fourth-order valence-corrected chi connectivity index (χ4v) is 4.69. The average molecular weight is 604 g/mol. The van der Waals surface area contributed by atoms with Crippen molar-refractivity contribution in [3.63, 3.8) is 0 Å². The van der Waals surface area contributed by atoms with Gasteiger partial charge in [-0.1, -0.05) is 52.3 Å². The van der Waals surface area contributed by atoms with Crippen LogP contribution in [0.25, 0.3) is 11.3 Å². The van der Waals surface area contributed by atoms with E-state index in [9.17, 15) is 4.79 Å². The Balaban J connectivity index is 0.00000324. The molecule has 4 rings (SSSR count). The number of aryl methyl sites for hydroxylation is 1. The third-order valence-corrected chi connectivity index (χ3v) is 6.62. The zero-order chi connectivity index (χ0) is 23.2. The van der Waals surface area contributed by atoms with Gasteiger partial charge in [0.1, 0.15) is 0 Å². The number of hydrogen-bond acceptors (Lipinski definition) is 4. The van der Waals surface area contributed by atoms with Crippen LogP contribution in [0.5, 0.6) is 11.5 Å². The zero-order valence-electron chi connectivity index (χ0n) is 18.7. The molecule has 0 unspecified atom stereocenters. The highest BCUT2D eigenvalue weighted by molar-refractivity contribution is 9.10. The van der Waals surface area contributed by atoms with E-state index in [1.807, 2.05) is 48.5 Å². The van der Waals surface area contributed by atoms with Gasteiger partial charge in [-0.2, -0.15) is 4.99 Å². The molecule has 0 saturated heterocycles. The summed E-state index contributed by atoms with van der Waals surface area (Å²) in [7, 11) is 3.26. The Labute approximate surface area is 221 Å². The SMILES string of the molecule is Br.COc1ccc(CCn2c(-c3ccc(Br)cc3)csc2=NC(=O)c2ccccc2)cc1OC. The molecular formula is C26H24Br2N2O3S. The summed E-state index contributed by atoms with van der Waals surface area (Å²) in [5, 5.41) is 2.05. The molecule has 0 radical (unpaired) electrons. The predicted octanol–water partition coefficient (Wildman–Crippen LogP) is 6.56. The van der Waals surface area contributed by atoms with Gasteiger partial charge in [0.05, 0.1) is 19.9 Å². The van der Waals surface area contributed by atoms with E-state index in [0.717, 1.165) is 27.7 Å². The number of nitrogens with zero attached hydrogens (tertiary/aromatic N) is 2. The molecule has 3 aromatic carbocycles. The van der Waals surface area contributed by atoms with E-state index in [1.54, 1.807) is 26.4 Å². The van der Waals surface area contributed by atoms with Crippen molar-refractivity contribution in [2.24, 2.45) is 4.99 Å². The molecule has 34 heavy (non-hydrogen) atoms. The minimum atomic E-state index is -0.250. The van der Waals surface area contributed by atoms with Crippen molar-refractivity contribution in [1.29, 1.82) is 0 Å². The number of aromatic nitrogens is 1. The van der Waals surface area contributed by atoms with E-state index in [0.29, 0.717) is 28.4 Å². The van der Waals surface area contributed by atoms with Gasteiger partial charge in [0.15, 0.2) is 16.3 Å². The van der Waals surface area contributed by atoms with Crippen LogP contribution in [-0.2, 0) is 13.0 Å². The standard InChI is InChI=1S/C26H23BrN2O3S.BrH/c1-31-23-13-8-18(16-24(23)32-2)14-15-29-22(19-9-11-21(27)12-10-19)17-33-26(29)28-25(30)20-6-4-3-5-7-20;/h3-13,16-17H,14-15H2,1-2H3;1H. The first-order valence-corrected chi connectivity index (χ1v) is 12.1. The Morgan fingerprint density at radius 1 is 0.971 bits per heavy atom. The van der Waals surface area contributed by atoms with Crippen LogP contribution in [0, 0.1) is 0 Å². The van der Waals surface area contributed by atoms with Crippen LogP contribution in [0.3, 0.4) is 0 Å². The van der Waals surface area contributed by atoms with Crippen LogP contribution < -0.4 is 14.3 Å². The Morgan fingerprint density at radius 3 is 2.35 bits per heavy atom. The van der Waals surface area contributed by atoms with Crippen LogP contribution in [0.2, 0.25) is 0 Å². The number of thiazole rings is 1. The van der Waals surface area contributed by atoms with Crippen LogP contribution in [0.15, 0.2) is 87.6 Å². The highest BCUT2D eigenvalue weighted by Gasteiger charge is 2.12. The lowest BCUT2D eigenvalue weighted by atomic mass is 10.1. The molecular weight excluding hydrogens is 580 g/mol. The number of methoxy groups -OCH3 is 2. The smallest absolute Gasteiger partial charge is 0.279 e. The number of carbonyl (C=O) groups is 1. The fraction of sp³-hybridized carbons (Fsp3) is 0.154. The summed E-state index contributed by atoms with van der Waals surface area (Å²) >= 11 is 4.96. The third-order valence-electron chi connectivity index (χ3n) is 5.23. The number of rotatable bonds is 7. The molecule has 176 valence electrons. The summed E-state index contributed by atoms with van der Waals surface area (Å²) < 4.78 is 13.9. The minimum absolute atomic E-state index is 0. The molecule has 0 N–H and O–H groups in total. The summed E-state index contributed by atoms with van der Waals surface area (Å²) in [6.45, 7) is 0.658. The first kappa shape index (κ1) is 25.9. The fourth-order valence-electron chi connectivity index (χ4n) is 3.50. The number of amides is 1. The number of benzene rings is 3. The zero-order valence-corrected chi connectivity index (χ0v) is 22.8.